The van der Waals surface area contributed by atoms with Crippen LogP contribution in [0.15, 0.2) is 0 Å². The highest BCUT2D eigenvalue weighted by Gasteiger charge is 1.80. The summed E-state index contributed by atoms with van der Waals surface area (Å²) in [6.45, 7) is 1.22. The molecule has 0 amide bonds. The number of hydrogen-bond acceptors (Lipinski definition) is 3. The topological polar surface area (TPSA) is 78.1 Å². The minimum absolute atomic E-state index is 0.463. The van der Waals surface area contributed by atoms with Crippen LogP contribution in [-0.4, -0.2) is 6.17 Å². The second kappa shape index (κ2) is 2.14. The summed E-state index contributed by atoms with van der Waals surface area (Å²) in [7, 11) is 0. The molecular formula is C2H8N3. The normalized spacial score (nSPS) is 9.60. The molecule has 31 valence electrons. The van der Waals surface area contributed by atoms with E-state index in [9.17, 15) is 0 Å². The largest absolute Gasteiger partial charge is 0.324 e. The molecule has 1 radical (unpaired) electrons. The Bertz CT molecular complexity index is 18.9. The van der Waals surface area contributed by atoms with Crippen LogP contribution in [-0.2, 0) is 0 Å². The number of hydrogen-bond donors (Lipinski definition) is 3. The molecule has 0 saturated carbocycles. The van der Waals surface area contributed by atoms with Gasteiger partial charge in [0.2, 0.25) is 0 Å². The predicted molar refractivity (Wildman–Crippen MR) is 20.7 cm³/mol. The molecule has 0 aliphatic heterocycles. The molecule has 0 aromatic carbocycles. The molecule has 0 bridgehead atoms. The Morgan fingerprint density at radius 1 is 1.40 bits per heavy atom. The quantitative estimate of drug-likeness (QED) is 0.326. The van der Waals surface area contributed by atoms with Gasteiger partial charge in [-0.25, -0.2) is 0 Å². The maximum Gasteiger partial charge on any atom is 0.0693 e. The molecule has 0 saturated heterocycles. The van der Waals surface area contributed by atoms with Crippen molar-refractivity contribution in [3.05, 3.63) is 6.54 Å². The minimum Gasteiger partial charge on any atom is -0.324 e. The molecule has 0 aromatic heterocycles. The lowest BCUT2D eigenvalue weighted by Gasteiger charge is -1.92. The van der Waals surface area contributed by atoms with E-state index >= 15 is 0 Å². The van der Waals surface area contributed by atoms with Crippen LogP contribution in [0, 0.1) is 6.54 Å². The van der Waals surface area contributed by atoms with Crippen LogP contribution in [0.3, 0.4) is 0 Å². The molecule has 5 heavy (non-hydrogen) atoms. The van der Waals surface area contributed by atoms with Gasteiger partial charge in [-0.2, -0.15) is 0 Å². The average molecular weight is 74.1 g/mol. The molecule has 0 spiro atoms. The summed E-state index contributed by atoms with van der Waals surface area (Å²) in [5.74, 6) is 0. The van der Waals surface area contributed by atoms with Crippen molar-refractivity contribution in [1.29, 1.82) is 0 Å². The van der Waals surface area contributed by atoms with Crippen LogP contribution < -0.4 is 17.2 Å². The molecule has 0 aliphatic rings. The van der Waals surface area contributed by atoms with Gasteiger partial charge in [0, 0.05) is 0 Å². The van der Waals surface area contributed by atoms with Gasteiger partial charge < -0.3 is 17.2 Å². The summed E-state index contributed by atoms with van der Waals surface area (Å²) in [4.78, 5) is 0. The summed E-state index contributed by atoms with van der Waals surface area (Å²) in [6.07, 6.45) is -0.463. The average Bonchev–Trinajstić information content (AvgIpc) is 1.38. The zero-order valence-electron chi connectivity index (χ0n) is 2.89. The zero-order valence-corrected chi connectivity index (χ0v) is 2.89. The number of nitrogens with two attached hydrogens (primary N) is 3. The van der Waals surface area contributed by atoms with Crippen LogP contribution in [0.5, 0.6) is 0 Å². The molecule has 0 aromatic rings. The fourth-order valence-electron chi connectivity index (χ4n) is 0. The van der Waals surface area contributed by atoms with Gasteiger partial charge in [-0.1, -0.05) is 0 Å². The molecule has 0 unspecified atom stereocenters. The van der Waals surface area contributed by atoms with Crippen molar-refractivity contribution in [3.8, 4) is 0 Å². The molecule has 3 heteroatoms. The van der Waals surface area contributed by atoms with E-state index in [4.69, 9.17) is 17.2 Å². The van der Waals surface area contributed by atoms with Gasteiger partial charge in [0.05, 0.1) is 12.7 Å². The monoisotopic (exact) mass is 74.1 g/mol. The lowest BCUT2D eigenvalue weighted by molar-refractivity contribution is 0.799. The number of rotatable bonds is 1. The zero-order chi connectivity index (χ0) is 4.28. The molecule has 0 heterocycles. The standard InChI is InChI=1S/C2H8N3/c3-1-2(4)5/h1-2H,3-5H2. The first-order valence-corrected chi connectivity index (χ1v) is 1.33. The molecular weight excluding hydrogens is 66.0 g/mol. The Balaban J connectivity index is 2.54. The van der Waals surface area contributed by atoms with Gasteiger partial charge in [-0.15, -0.1) is 0 Å². The lowest BCUT2D eigenvalue weighted by atomic mass is 10.6. The van der Waals surface area contributed by atoms with Crippen molar-refractivity contribution in [2.45, 2.75) is 6.17 Å². The molecule has 0 atom stereocenters. The summed E-state index contributed by atoms with van der Waals surface area (Å²) in [5, 5.41) is 0. The first kappa shape index (κ1) is 4.88. The Labute approximate surface area is 31.1 Å². The molecule has 0 fully saturated rings. The van der Waals surface area contributed by atoms with Crippen LogP contribution in [0.1, 0.15) is 0 Å². The van der Waals surface area contributed by atoms with E-state index in [1.54, 1.807) is 0 Å². The van der Waals surface area contributed by atoms with Gasteiger partial charge in [-0.05, 0) is 0 Å². The maximum absolute atomic E-state index is 4.89. The SMILES string of the molecule is N[CH]C(N)N. The minimum atomic E-state index is -0.463. The summed E-state index contributed by atoms with van der Waals surface area (Å²) >= 11 is 0. The van der Waals surface area contributed by atoms with Gasteiger partial charge in [0.25, 0.3) is 0 Å². The highest BCUT2D eigenvalue weighted by Crippen LogP contribution is 1.53. The first-order valence-electron chi connectivity index (χ1n) is 1.33. The Hall–Kier alpha value is -0.120. The highest BCUT2D eigenvalue weighted by molar-refractivity contribution is 4.62. The van der Waals surface area contributed by atoms with Crippen molar-refractivity contribution in [2.24, 2.45) is 17.2 Å². The van der Waals surface area contributed by atoms with Crippen LogP contribution in [0.4, 0.5) is 0 Å². The fraction of sp³-hybridized carbons (Fsp3) is 0.500. The van der Waals surface area contributed by atoms with E-state index < -0.39 is 6.17 Å². The van der Waals surface area contributed by atoms with Gasteiger partial charge in [0.15, 0.2) is 0 Å². The Kier molecular flexibility index (Phi) is 2.09. The third-order valence-electron chi connectivity index (χ3n) is 0.222. The van der Waals surface area contributed by atoms with Gasteiger partial charge in [0.1, 0.15) is 0 Å². The van der Waals surface area contributed by atoms with E-state index in [-0.39, 0.29) is 0 Å². The highest BCUT2D eigenvalue weighted by atomic mass is 14.9. The van der Waals surface area contributed by atoms with Crippen molar-refractivity contribution in [1.82, 2.24) is 0 Å². The molecule has 3 nitrogen and oxygen atoms in total. The molecule has 0 aliphatic carbocycles. The van der Waals surface area contributed by atoms with Crippen LogP contribution in [0.2, 0.25) is 0 Å². The van der Waals surface area contributed by atoms with Crippen molar-refractivity contribution in [3.63, 3.8) is 0 Å². The third kappa shape index (κ3) is 3.88. The first-order chi connectivity index (χ1) is 2.27. The Morgan fingerprint density at radius 3 is 1.60 bits per heavy atom. The summed E-state index contributed by atoms with van der Waals surface area (Å²) in [5.41, 5.74) is 14.6. The summed E-state index contributed by atoms with van der Waals surface area (Å²) in [6, 6.07) is 0. The van der Waals surface area contributed by atoms with Crippen molar-refractivity contribution in [2.75, 3.05) is 0 Å². The smallest absolute Gasteiger partial charge is 0.0693 e. The van der Waals surface area contributed by atoms with E-state index in [0.29, 0.717) is 0 Å². The van der Waals surface area contributed by atoms with Crippen LogP contribution in [0.25, 0.3) is 0 Å². The lowest BCUT2D eigenvalue weighted by Crippen LogP contribution is -2.33. The molecule has 0 rings (SSSR count). The summed E-state index contributed by atoms with van der Waals surface area (Å²) < 4.78 is 0. The van der Waals surface area contributed by atoms with E-state index in [1.807, 2.05) is 0 Å². The second-order valence-corrected chi connectivity index (χ2v) is 0.770. The Morgan fingerprint density at radius 2 is 1.60 bits per heavy atom. The predicted octanol–water partition coefficient (Wildman–Crippen LogP) is -1.65. The third-order valence-corrected chi connectivity index (χ3v) is 0.222. The van der Waals surface area contributed by atoms with Crippen molar-refractivity contribution >= 4 is 0 Å². The van der Waals surface area contributed by atoms with E-state index in [1.165, 1.54) is 6.54 Å². The van der Waals surface area contributed by atoms with Crippen molar-refractivity contribution < 1.29 is 0 Å². The van der Waals surface area contributed by atoms with Gasteiger partial charge >= 0.3 is 0 Å². The van der Waals surface area contributed by atoms with Gasteiger partial charge in [-0.3, -0.25) is 0 Å². The fourth-order valence-corrected chi connectivity index (χ4v) is 0. The van der Waals surface area contributed by atoms with E-state index in [0.717, 1.165) is 0 Å². The maximum atomic E-state index is 4.89. The molecule has 6 N–H and O–H groups in total. The van der Waals surface area contributed by atoms with E-state index in [2.05, 4.69) is 0 Å². The second-order valence-electron chi connectivity index (χ2n) is 0.770. The van der Waals surface area contributed by atoms with Crippen LogP contribution >= 0.6 is 0 Å².